The Morgan fingerprint density at radius 2 is 2.11 bits per heavy atom. The summed E-state index contributed by atoms with van der Waals surface area (Å²) in [6.45, 7) is 6.47. The Hall–Kier alpha value is -0.870. The molecule has 0 heterocycles. The van der Waals surface area contributed by atoms with E-state index in [0.717, 1.165) is 28.6 Å². The van der Waals surface area contributed by atoms with E-state index in [4.69, 9.17) is 5.73 Å². The van der Waals surface area contributed by atoms with Crippen LogP contribution in [0.15, 0.2) is 16.6 Å². The van der Waals surface area contributed by atoms with Crippen molar-refractivity contribution in [2.75, 3.05) is 11.9 Å². The fourth-order valence-corrected chi connectivity index (χ4v) is 2.78. The molecular formula is C14H21BrN2O. The van der Waals surface area contributed by atoms with E-state index >= 15 is 0 Å². The lowest BCUT2D eigenvalue weighted by molar-refractivity contribution is -0.119. The molecule has 1 atom stereocenters. The molecule has 3 nitrogen and oxygen atoms in total. The summed E-state index contributed by atoms with van der Waals surface area (Å²) < 4.78 is 0.917. The zero-order valence-electron chi connectivity index (χ0n) is 11.2. The number of hydrogen-bond acceptors (Lipinski definition) is 2. The van der Waals surface area contributed by atoms with Crippen LogP contribution in [0.1, 0.15) is 30.9 Å². The summed E-state index contributed by atoms with van der Waals surface area (Å²) in [5, 5.41) is 2.98. The van der Waals surface area contributed by atoms with Crippen molar-refractivity contribution >= 4 is 27.5 Å². The second-order valence-electron chi connectivity index (χ2n) is 4.65. The molecule has 18 heavy (non-hydrogen) atoms. The maximum Gasteiger partial charge on any atom is 0.228 e. The first-order valence-electron chi connectivity index (χ1n) is 6.27. The van der Waals surface area contributed by atoms with Gasteiger partial charge in [-0.3, -0.25) is 4.79 Å². The van der Waals surface area contributed by atoms with Crippen molar-refractivity contribution in [1.82, 2.24) is 0 Å². The minimum atomic E-state index is -0.109. The number of nitrogens with two attached hydrogens (primary N) is 1. The predicted octanol–water partition coefficient (Wildman–Crippen LogP) is 3.38. The van der Waals surface area contributed by atoms with Crippen molar-refractivity contribution in [3.8, 4) is 0 Å². The van der Waals surface area contributed by atoms with Gasteiger partial charge in [-0.1, -0.05) is 19.4 Å². The molecule has 0 radical (unpaired) electrons. The number of aryl methyl sites for hydroxylation is 2. The van der Waals surface area contributed by atoms with Gasteiger partial charge in [-0.15, -0.1) is 0 Å². The SMILES string of the molecule is CCCC(CN)C(=O)Nc1c(C)cc(C)cc1Br. The van der Waals surface area contributed by atoms with Gasteiger partial charge < -0.3 is 11.1 Å². The molecule has 1 aromatic carbocycles. The molecule has 1 rings (SSSR count). The van der Waals surface area contributed by atoms with E-state index in [1.807, 2.05) is 19.9 Å². The Morgan fingerprint density at radius 3 is 2.61 bits per heavy atom. The third-order valence-corrected chi connectivity index (χ3v) is 3.60. The van der Waals surface area contributed by atoms with Crippen LogP contribution in [0.3, 0.4) is 0 Å². The quantitative estimate of drug-likeness (QED) is 0.875. The number of halogens is 1. The second kappa shape index (κ2) is 6.90. The maximum atomic E-state index is 12.1. The van der Waals surface area contributed by atoms with Gasteiger partial charge in [0.1, 0.15) is 0 Å². The van der Waals surface area contributed by atoms with Gasteiger partial charge in [0, 0.05) is 11.0 Å². The Labute approximate surface area is 117 Å². The molecule has 1 amide bonds. The molecule has 0 spiro atoms. The van der Waals surface area contributed by atoms with Crippen LogP contribution in [0.4, 0.5) is 5.69 Å². The topological polar surface area (TPSA) is 55.1 Å². The Balaban J connectivity index is 2.87. The molecule has 0 saturated heterocycles. The lowest BCUT2D eigenvalue weighted by atomic mass is 10.0. The maximum absolute atomic E-state index is 12.1. The molecule has 1 unspecified atom stereocenters. The van der Waals surface area contributed by atoms with Crippen LogP contribution in [0.5, 0.6) is 0 Å². The molecular weight excluding hydrogens is 292 g/mol. The summed E-state index contributed by atoms with van der Waals surface area (Å²) in [4.78, 5) is 12.1. The number of amides is 1. The standard InChI is InChI=1S/C14H21BrN2O/c1-4-5-11(8-16)14(18)17-13-10(3)6-9(2)7-12(13)15/h6-7,11H,4-5,8,16H2,1-3H3,(H,17,18). The first-order valence-corrected chi connectivity index (χ1v) is 7.06. The monoisotopic (exact) mass is 312 g/mol. The third-order valence-electron chi connectivity index (χ3n) is 2.97. The lowest BCUT2D eigenvalue weighted by Crippen LogP contribution is -2.29. The van der Waals surface area contributed by atoms with Crippen molar-refractivity contribution in [3.05, 3.63) is 27.7 Å². The van der Waals surface area contributed by atoms with Crippen molar-refractivity contribution in [2.45, 2.75) is 33.6 Å². The number of rotatable bonds is 5. The summed E-state index contributed by atoms with van der Waals surface area (Å²) in [6.07, 6.45) is 1.79. The minimum Gasteiger partial charge on any atom is -0.330 e. The lowest BCUT2D eigenvalue weighted by Gasteiger charge is -2.16. The molecule has 4 heteroatoms. The molecule has 100 valence electrons. The van der Waals surface area contributed by atoms with Crippen molar-refractivity contribution in [3.63, 3.8) is 0 Å². The highest BCUT2D eigenvalue weighted by Gasteiger charge is 2.17. The molecule has 0 aliphatic rings. The van der Waals surface area contributed by atoms with Gasteiger partial charge in [0.15, 0.2) is 0 Å². The van der Waals surface area contributed by atoms with Gasteiger partial charge in [-0.05, 0) is 53.4 Å². The smallest absolute Gasteiger partial charge is 0.228 e. The molecule has 3 N–H and O–H groups in total. The average molecular weight is 313 g/mol. The van der Waals surface area contributed by atoms with E-state index in [1.165, 1.54) is 5.56 Å². The molecule has 1 aromatic rings. The van der Waals surface area contributed by atoms with E-state index in [9.17, 15) is 4.79 Å². The number of nitrogens with one attached hydrogen (secondary N) is 1. The summed E-state index contributed by atoms with van der Waals surface area (Å²) >= 11 is 3.49. The largest absolute Gasteiger partial charge is 0.330 e. The van der Waals surface area contributed by atoms with Crippen LogP contribution >= 0.6 is 15.9 Å². The van der Waals surface area contributed by atoms with Crippen molar-refractivity contribution < 1.29 is 4.79 Å². The number of benzene rings is 1. The van der Waals surface area contributed by atoms with Gasteiger partial charge in [0.2, 0.25) is 5.91 Å². The van der Waals surface area contributed by atoms with Crippen molar-refractivity contribution in [2.24, 2.45) is 11.7 Å². The highest BCUT2D eigenvalue weighted by molar-refractivity contribution is 9.10. The Kier molecular flexibility index (Phi) is 5.82. The predicted molar refractivity (Wildman–Crippen MR) is 79.7 cm³/mol. The van der Waals surface area contributed by atoms with E-state index in [0.29, 0.717) is 6.54 Å². The zero-order valence-corrected chi connectivity index (χ0v) is 12.8. The zero-order chi connectivity index (χ0) is 13.7. The number of carbonyl (C=O) groups excluding carboxylic acids is 1. The van der Waals surface area contributed by atoms with E-state index < -0.39 is 0 Å². The first kappa shape index (κ1) is 15.2. The summed E-state index contributed by atoms with van der Waals surface area (Å²) in [6, 6.07) is 4.05. The van der Waals surface area contributed by atoms with Crippen LogP contribution < -0.4 is 11.1 Å². The van der Waals surface area contributed by atoms with E-state index in [1.54, 1.807) is 0 Å². The fraction of sp³-hybridized carbons (Fsp3) is 0.500. The number of hydrogen-bond donors (Lipinski definition) is 2. The van der Waals surface area contributed by atoms with Gasteiger partial charge in [-0.2, -0.15) is 0 Å². The van der Waals surface area contributed by atoms with Gasteiger partial charge in [0.25, 0.3) is 0 Å². The number of anilines is 1. The highest BCUT2D eigenvalue weighted by atomic mass is 79.9. The summed E-state index contributed by atoms with van der Waals surface area (Å²) in [5.41, 5.74) is 8.71. The van der Waals surface area contributed by atoms with Gasteiger partial charge in [-0.25, -0.2) is 0 Å². The first-order chi connectivity index (χ1) is 8.49. The number of carbonyl (C=O) groups is 1. The Morgan fingerprint density at radius 1 is 1.44 bits per heavy atom. The summed E-state index contributed by atoms with van der Waals surface area (Å²) in [5.74, 6) is -0.102. The van der Waals surface area contributed by atoms with Gasteiger partial charge in [0.05, 0.1) is 11.6 Å². The van der Waals surface area contributed by atoms with Gasteiger partial charge >= 0.3 is 0 Å². The molecule has 0 saturated carbocycles. The second-order valence-corrected chi connectivity index (χ2v) is 5.50. The molecule has 0 fully saturated rings. The van der Waals surface area contributed by atoms with Crippen molar-refractivity contribution in [1.29, 1.82) is 0 Å². The van der Waals surface area contributed by atoms with Crippen LogP contribution in [0.2, 0.25) is 0 Å². The Bertz CT molecular complexity index is 409. The molecule has 0 aromatic heterocycles. The molecule has 0 aliphatic carbocycles. The third kappa shape index (κ3) is 3.82. The average Bonchev–Trinajstić information content (AvgIpc) is 2.30. The van der Waals surface area contributed by atoms with Crippen LogP contribution in [-0.4, -0.2) is 12.5 Å². The van der Waals surface area contributed by atoms with Crippen LogP contribution in [0, 0.1) is 19.8 Å². The summed E-state index contributed by atoms with van der Waals surface area (Å²) in [7, 11) is 0. The normalized spacial score (nSPS) is 12.3. The van der Waals surface area contributed by atoms with E-state index in [-0.39, 0.29) is 11.8 Å². The van der Waals surface area contributed by atoms with E-state index in [2.05, 4.69) is 34.2 Å². The van der Waals surface area contributed by atoms with Crippen LogP contribution in [-0.2, 0) is 4.79 Å². The minimum absolute atomic E-state index is 0.00648. The highest BCUT2D eigenvalue weighted by Crippen LogP contribution is 2.28. The molecule has 0 bridgehead atoms. The molecule has 0 aliphatic heterocycles. The van der Waals surface area contributed by atoms with Crippen LogP contribution in [0.25, 0.3) is 0 Å². The fourth-order valence-electron chi connectivity index (χ4n) is 2.00.